The summed E-state index contributed by atoms with van der Waals surface area (Å²) in [5.74, 6) is -0.221. The Morgan fingerprint density at radius 3 is 2.74 bits per heavy atom. The number of hydrogen-bond donors (Lipinski definition) is 2. The monoisotopic (exact) mass is 454 g/mol. The van der Waals surface area contributed by atoms with E-state index in [1.807, 2.05) is 78.8 Å². The first-order valence-corrected chi connectivity index (χ1v) is 11.4. The van der Waals surface area contributed by atoms with Crippen molar-refractivity contribution in [2.75, 3.05) is 18.5 Å². The van der Waals surface area contributed by atoms with Crippen LogP contribution in [0, 0.1) is 0 Å². The molecule has 0 aliphatic carbocycles. The smallest absolute Gasteiger partial charge is 0.255 e. The molecular weight excluding hydrogens is 428 g/mol. The summed E-state index contributed by atoms with van der Waals surface area (Å²) >= 11 is 0. The third-order valence-corrected chi connectivity index (χ3v) is 6.22. The lowest BCUT2D eigenvalue weighted by Crippen LogP contribution is -2.36. The summed E-state index contributed by atoms with van der Waals surface area (Å²) < 4.78 is 1.74. The fourth-order valence-electron chi connectivity index (χ4n) is 4.47. The maximum absolute atomic E-state index is 13.2. The largest absolute Gasteiger partial charge is 0.396 e. The topological polar surface area (TPSA) is 87.5 Å². The molecule has 0 saturated heterocycles. The van der Waals surface area contributed by atoms with Crippen molar-refractivity contribution in [1.29, 1.82) is 0 Å². The van der Waals surface area contributed by atoms with Crippen molar-refractivity contribution in [3.63, 3.8) is 0 Å². The number of aliphatic hydroxyl groups excluding tert-OH is 1. The van der Waals surface area contributed by atoms with Crippen LogP contribution in [0.4, 0.5) is 5.69 Å². The number of carbonyl (C=O) groups excluding carboxylic acids is 2. The Morgan fingerprint density at radius 1 is 1.03 bits per heavy atom. The van der Waals surface area contributed by atoms with E-state index in [0.717, 1.165) is 34.0 Å². The zero-order valence-corrected chi connectivity index (χ0v) is 19.0. The van der Waals surface area contributed by atoms with E-state index in [1.165, 1.54) is 0 Å². The maximum atomic E-state index is 13.2. The van der Waals surface area contributed by atoms with Gasteiger partial charge in [0, 0.05) is 55.1 Å². The second kappa shape index (κ2) is 9.11. The number of benzene rings is 3. The van der Waals surface area contributed by atoms with E-state index < -0.39 is 0 Å². The van der Waals surface area contributed by atoms with Gasteiger partial charge in [-0.15, -0.1) is 0 Å². The number of aliphatic hydroxyl groups is 1. The quantitative estimate of drug-likeness (QED) is 0.483. The molecule has 2 heterocycles. The number of carbonyl (C=O) groups is 2. The van der Waals surface area contributed by atoms with Gasteiger partial charge in [0.2, 0.25) is 0 Å². The van der Waals surface area contributed by atoms with Crippen LogP contribution in [-0.2, 0) is 26.4 Å². The number of nitrogens with one attached hydrogen (secondary N) is 1. The van der Waals surface area contributed by atoms with Crippen molar-refractivity contribution in [2.45, 2.75) is 19.4 Å². The van der Waals surface area contributed by atoms with Gasteiger partial charge in [0.05, 0.1) is 5.52 Å². The second-order valence-corrected chi connectivity index (χ2v) is 8.66. The third kappa shape index (κ3) is 4.43. The fourth-order valence-corrected chi connectivity index (χ4v) is 4.47. The molecule has 0 fully saturated rings. The number of amides is 2. The van der Waals surface area contributed by atoms with Crippen molar-refractivity contribution >= 4 is 28.4 Å². The number of hydrogen-bond acceptors (Lipinski definition) is 4. The number of rotatable bonds is 5. The molecule has 172 valence electrons. The van der Waals surface area contributed by atoms with E-state index in [1.54, 1.807) is 4.68 Å². The molecule has 1 aromatic heterocycles. The van der Waals surface area contributed by atoms with Crippen LogP contribution in [0.3, 0.4) is 0 Å². The summed E-state index contributed by atoms with van der Waals surface area (Å²) in [6.07, 6.45) is 3.20. The summed E-state index contributed by atoms with van der Waals surface area (Å²) in [6.45, 7) is 1.17. The Labute approximate surface area is 197 Å². The van der Waals surface area contributed by atoms with E-state index in [2.05, 4.69) is 10.4 Å². The lowest BCUT2D eigenvalue weighted by molar-refractivity contribution is 0.0735. The average molecular weight is 455 g/mol. The molecule has 0 spiro atoms. The molecule has 0 unspecified atom stereocenters. The van der Waals surface area contributed by atoms with Crippen LogP contribution in [0.15, 0.2) is 66.9 Å². The fraction of sp³-hybridized carbons (Fsp3) is 0.222. The van der Waals surface area contributed by atoms with Crippen LogP contribution in [-0.4, -0.2) is 44.8 Å². The molecule has 1 aliphatic rings. The van der Waals surface area contributed by atoms with Gasteiger partial charge < -0.3 is 15.3 Å². The highest BCUT2D eigenvalue weighted by Gasteiger charge is 2.23. The summed E-state index contributed by atoms with van der Waals surface area (Å²) in [7, 11) is 1.86. The Bertz CT molecular complexity index is 1390. The highest BCUT2D eigenvalue weighted by molar-refractivity contribution is 6.04. The Morgan fingerprint density at radius 2 is 1.88 bits per heavy atom. The van der Waals surface area contributed by atoms with Crippen molar-refractivity contribution in [1.82, 2.24) is 14.7 Å². The lowest BCUT2D eigenvalue weighted by atomic mass is 9.96. The molecule has 7 nitrogen and oxygen atoms in total. The summed E-state index contributed by atoms with van der Waals surface area (Å²) in [5, 5.41) is 17.4. The number of aryl methyl sites for hydroxylation is 1. The zero-order valence-electron chi connectivity index (χ0n) is 19.0. The van der Waals surface area contributed by atoms with Gasteiger partial charge in [0.15, 0.2) is 0 Å². The molecule has 2 amide bonds. The van der Waals surface area contributed by atoms with Gasteiger partial charge >= 0.3 is 0 Å². The van der Waals surface area contributed by atoms with Gasteiger partial charge in [0.1, 0.15) is 0 Å². The van der Waals surface area contributed by atoms with Crippen LogP contribution in [0.1, 0.15) is 37.4 Å². The minimum absolute atomic E-state index is 0.0213. The molecule has 3 aromatic carbocycles. The van der Waals surface area contributed by atoms with Gasteiger partial charge in [-0.05, 0) is 72.0 Å². The van der Waals surface area contributed by atoms with Crippen molar-refractivity contribution in [2.24, 2.45) is 7.05 Å². The molecule has 0 atom stereocenters. The highest BCUT2D eigenvalue weighted by Crippen LogP contribution is 2.24. The summed E-state index contributed by atoms with van der Waals surface area (Å²) in [6, 6.07) is 18.8. The number of anilines is 1. The molecule has 4 aromatic rings. The van der Waals surface area contributed by atoms with Gasteiger partial charge in [-0.1, -0.05) is 18.2 Å². The van der Waals surface area contributed by atoms with Gasteiger partial charge in [-0.25, -0.2) is 0 Å². The van der Waals surface area contributed by atoms with Crippen LogP contribution in [0.25, 0.3) is 10.9 Å². The van der Waals surface area contributed by atoms with Crippen LogP contribution >= 0.6 is 0 Å². The normalized spacial score (nSPS) is 13.1. The van der Waals surface area contributed by atoms with E-state index in [-0.39, 0.29) is 18.4 Å². The molecule has 5 rings (SSSR count). The highest BCUT2D eigenvalue weighted by atomic mass is 16.3. The van der Waals surface area contributed by atoms with Crippen molar-refractivity contribution in [3.05, 3.63) is 94.7 Å². The predicted molar refractivity (Wildman–Crippen MR) is 131 cm³/mol. The Balaban J connectivity index is 1.32. The molecule has 34 heavy (non-hydrogen) atoms. The van der Waals surface area contributed by atoms with Gasteiger partial charge in [-0.2, -0.15) is 5.10 Å². The van der Waals surface area contributed by atoms with E-state index in [4.69, 9.17) is 5.11 Å². The molecule has 0 radical (unpaired) electrons. The third-order valence-electron chi connectivity index (χ3n) is 6.22. The van der Waals surface area contributed by atoms with Crippen molar-refractivity contribution in [3.8, 4) is 0 Å². The first-order chi connectivity index (χ1) is 16.5. The summed E-state index contributed by atoms with van der Waals surface area (Å²) in [4.78, 5) is 27.9. The number of nitrogens with zero attached hydrogens (tertiary/aromatic N) is 3. The minimum Gasteiger partial charge on any atom is -0.396 e. The van der Waals surface area contributed by atoms with Crippen LogP contribution < -0.4 is 5.32 Å². The first kappa shape index (κ1) is 21.9. The van der Waals surface area contributed by atoms with Crippen LogP contribution in [0.5, 0.6) is 0 Å². The number of fused-ring (bicyclic) bond motifs is 2. The molecule has 1 aliphatic heterocycles. The molecule has 2 N–H and O–H groups in total. The Hall–Kier alpha value is -3.97. The van der Waals surface area contributed by atoms with Crippen LogP contribution in [0.2, 0.25) is 0 Å². The maximum Gasteiger partial charge on any atom is 0.255 e. The number of aromatic nitrogens is 2. The first-order valence-electron chi connectivity index (χ1n) is 11.4. The Kier molecular flexibility index (Phi) is 5.86. The van der Waals surface area contributed by atoms with Crippen molar-refractivity contribution < 1.29 is 14.7 Å². The van der Waals surface area contributed by atoms with E-state index in [9.17, 15) is 9.59 Å². The van der Waals surface area contributed by atoms with E-state index in [0.29, 0.717) is 36.3 Å². The second-order valence-electron chi connectivity index (χ2n) is 8.66. The average Bonchev–Trinajstić information content (AvgIpc) is 3.22. The van der Waals surface area contributed by atoms with Gasteiger partial charge in [-0.3, -0.25) is 14.3 Å². The standard InChI is InChI=1S/C27H26N4O3/c1-30-16-23-15-21(7-8-25(23)29-30)27(34)31-11-9-19-5-6-20(14-22(19)17-31)26(33)28-24-4-2-3-18(13-24)10-12-32/h2-8,13-16,32H,9-12,17H2,1H3,(H,28,33). The summed E-state index contributed by atoms with van der Waals surface area (Å²) in [5.41, 5.74) is 5.86. The minimum atomic E-state index is -0.200. The molecule has 0 bridgehead atoms. The molecular formula is C27H26N4O3. The predicted octanol–water partition coefficient (Wildman–Crippen LogP) is 3.56. The molecule has 0 saturated carbocycles. The zero-order chi connectivity index (χ0) is 23.7. The van der Waals surface area contributed by atoms with E-state index >= 15 is 0 Å². The molecule has 7 heteroatoms. The lowest BCUT2D eigenvalue weighted by Gasteiger charge is -2.29. The van der Waals surface area contributed by atoms with Gasteiger partial charge in [0.25, 0.3) is 11.8 Å². The SMILES string of the molecule is Cn1cc2cc(C(=O)N3CCc4ccc(C(=O)Nc5cccc(CCO)c5)cc4C3)ccc2n1.